The van der Waals surface area contributed by atoms with Crippen LogP contribution in [0.25, 0.3) is 0 Å². The summed E-state index contributed by atoms with van der Waals surface area (Å²) < 4.78 is 32.3. The average Bonchev–Trinajstić information content (AvgIpc) is 2.63. The molecule has 1 saturated heterocycles. The molecule has 0 radical (unpaired) electrons. The maximum Gasteiger partial charge on any atom is 0.264 e. The lowest BCUT2D eigenvalue weighted by molar-refractivity contribution is 0.0252. The van der Waals surface area contributed by atoms with Crippen LogP contribution in [0.4, 0.5) is 11.6 Å². The number of morpholine rings is 1. The summed E-state index contributed by atoms with van der Waals surface area (Å²) >= 11 is 5.26. The van der Waals surface area contributed by atoms with Crippen LogP contribution in [0.15, 0.2) is 47.6 Å². The van der Waals surface area contributed by atoms with Gasteiger partial charge in [-0.2, -0.15) is 0 Å². The van der Waals surface area contributed by atoms with Crippen LogP contribution in [0.5, 0.6) is 0 Å². The summed E-state index contributed by atoms with van der Waals surface area (Å²) in [5, 5.41) is 5.40. The van der Waals surface area contributed by atoms with E-state index >= 15 is 0 Å². The van der Waals surface area contributed by atoms with Crippen LogP contribution in [-0.2, 0) is 14.8 Å². The number of hydrogen-bond acceptors (Lipinski definition) is 7. The molecule has 1 fully saturated rings. The largest absolute Gasteiger partial charge is 0.379 e. The molecule has 1 aliphatic rings. The van der Waals surface area contributed by atoms with Crippen LogP contribution in [0.2, 0.25) is 0 Å². The Morgan fingerprint density at radius 1 is 1.12 bits per heavy atom. The van der Waals surface area contributed by atoms with Gasteiger partial charge in [-0.1, -0.05) is 0 Å². The van der Waals surface area contributed by atoms with E-state index in [1.165, 1.54) is 24.5 Å². The van der Waals surface area contributed by atoms with E-state index in [1.807, 2.05) is 5.01 Å². The summed E-state index contributed by atoms with van der Waals surface area (Å²) in [5.41, 5.74) is 3.74. The molecule has 0 amide bonds. The molecule has 0 unspecified atom stereocenters. The van der Waals surface area contributed by atoms with E-state index < -0.39 is 10.0 Å². The Labute approximate surface area is 156 Å². The summed E-state index contributed by atoms with van der Waals surface area (Å²) in [6.45, 7) is 2.79. The molecular formula is C15H18N6O3S2. The maximum absolute atomic E-state index is 12.3. The zero-order valence-corrected chi connectivity index (χ0v) is 15.4. The van der Waals surface area contributed by atoms with Gasteiger partial charge >= 0.3 is 0 Å². The maximum atomic E-state index is 12.3. The smallest absolute Gasteiger partial charge is 0.264 e. The molecular weight excluding hydrogens is 376 g/mol. The van der Waals surface area contributed by atoms with Gasteiger partial charge in [0, 0.05) is 31.2 Å². The van der Waals surface area contributed by atoms with Gasteiger partial charge in [0.05, 0.1) is 18.1 Å². The molecule has 2 aromatic rings. The summed E-state index contributed by atoms with van der Waals surface area (Å²) in [7, 11) is -3.75. The first-order valence-electron chi connectivity index (χ1n) is 7.83. The summed E-state index contributed by atoms with van der Waals surface area (Å²) in [6, 6.07) is 7.82. The van der Waals surface area contributed by atoms with Crippen LogP contribution >= 0.6 is 12.2 Å². The number of sulfonamides is 1. The van der Waals surface area contributed by atoms with E-state index in [2.05, 4.69) is 25.4 Å². The number of hydrazine groups is 1. The van der Waals surface area contributed by atoms with Crippen molar-refractivity contribution in [3.05, 3.63) is 42.7 Å². The number of thiocarbonyl (C=S) groups is 1. The summed E-state index contributed by atoms with van der Waals surface area (Å²) in [6.07, 6.45) is 2.92. The first kappa shape index (κ1) is 18.5. The monoisotopic (exact) mass is 394 g/mol. The summed E-state index contributed by atoms with van der Waals surface area (Å²) in [4.78, 5) is 7.80. The Morgan fingerprint density at radius 3 is 2.42 bits per heavy atom. The molecule has 1 aliphatic heterocycles. The van der Waals surface area contributed by atoms with Crippen LogP contribution < -0.4 is 15.5 Å². The SMILES string of the molecule is O=S(=O)(Nc1ncccn1)c1ccc(NC(=S)NN2CCOCC2)cc1. The van der Waals surface area contributed by atoms with Crippen LogP contribution in [0.3, 0.4) is 0 Å². The van der Waals surface area contributed by atoms with Crippen LogP contribution in [-0.4, -0.2) is 54.8 Å². The molecule has 11 heteroatoms. The molecule has 1 aromatic carbocycles. The molecule has 2 heterocycles. The molecule has 0 bridgehead atoms. The van der Waals surface area contributed by atoms with Crippen molar-refractivity contribution in [2.24, 2.45) is 0 Å². The second-order valence-corrected chi connectivity index (χ2v) is 7.46. The highest BCUT2D eigenvalue weighted by Crippen LogP contribution is 2.16. The molecule has 0 aliphatic carbocycles. The van der Waals surface area contributed by atoms with Crippen molar-refractivity contribution >= 4 is 39.0 Å². The number of anilines is 2. The predicted molar refractivity (Wildman–Crippen MR) is 101 cm³/mol. The first-order valence-corrected chi connectivity index (χ1v) is 9.72. The molecule has 3 N–H and O–H groups in total. The number of ether oxygens (including phenoxy) is 1. The minimum atomic E-state index is -3.75. The van der Waals surface area contributed by atoms with E-state index in [9.17, 15) is 8.42 Å². The van der Waals surface area contributed by atoms with Gasteiger partial charge in [0.15, 0.2) is 5.11 Å². The quantitative estimate of drug-likeness (QED) is 0.635. The van der Waals surface area contributed by atoms with Gasteiger partial charge in [-0.3, -0.25) is 5.43 Å². The molecule has 3 rings (SSSR count). The van der Waals surface area contributed by atoms with E-state index in [1.54, 1.807) is 18.2 Å². The molecule has 138 valence electrons. The number of nitrogens with one attached hydrogen (secondary N) is 3. The fourth-order valence-electron chi connectivity index (χ4n) is 2.23. The van der Waals surface area contributed by atoms with Gasteiger partial charge in [0.25, 0.3) is 10.0 Å². The van der Waals surface area contributed by atoms with E-state index in [0.29, 0.717) is 24.0 Å². The lowest BCUT2D eigenvalue weighted by Gasteiger charge is -2.28. The van der Waals surface area contributed by atoms with Crippen molar-refractivity contribution < 1.29 is 13.2 Å². The molecule has 0 spiro atoms. The zero-order valence-electron chi connectivity index (χ0n) is 13.8. The minimum Gasteiger partial charge on any atom is -0.379 e. The van der Waals surface area contributed by atoms with Gasteiger partial charge < -0.3 is 10.1 Å². The lowest BCUT2D eigenvalue weighted by Crippen LogP contribution is -2.49. The number of aromatic nitrogens is 2. The van der Waals surface area contributed by atoms with Crippen molar-refractivity contribution in [3.8, 4) is 0 Å². The van der Waals surface area contributed by atoms with Gasteiger partial charge in [0.1, 0.15) is 0 Å². The van der Waals surface area contributed by atoms with Crippen LogP contribution in [0.1, 0.15) is 0 Å². The Hall–Kier alpha value is -2.34. The molecule has 9 nitrogen and oxygen atoms in total. The number of hydrogen-bond donors (Lipinski definition) is 3. The summed E-state index contributed by atoms with van der Waals surface area (Å²) in [5.74, 6) is 0.0191. The fraction of sp³-hybridized carbons (Fsp3) is 0.267. The molecule has 0 atom stereocenters. The molecule has 1 aromatic heterocycles. The Morgan fingerprint density at radius 2 is 1.77 bits per heavy atom. The topological polar surface area (TPSA) is 108 Å². The van der Waals surface area contributed by atoms with Gasteiger partial charge in [-0.15, -0.1) is 0 Å². The normalized spacial score (nSPS) is 15.2. The third kappa shape index (κ3) is 5.08. The number of rotatable bonds is 5. The van der Waals surface area contributed by atoms with Crippen molar-refractivity contribution in [2.45, 2.75) is 4.90 Å². The van der Waals surface area contributed by atoms with Crippen molar-refractivity contribution in [2.75, 3.05) is 36.3 Å². The fourth-order valence-corrected chi connectivity index (χ4v) is 3.43. The molecule has 0 saturated carbocycles. The van der Waals surface area contributed by atoms with Gasteiger partial charge in [0.2, 0.25) is 5.95 Å². The van der Waals surface area contributed by atoms with Crippen molar-refractivity contribution in [1.29, 1.82) is 0 Å². The first-order chi connectivity index (χ1) is 12.5. The van der Waals surface area contributed by atoms with Gasteiger partial charge in [-0.25, -0.2) is 28.1 Å². The Balaban J connectivity index is 1.59. The second-order valence-electron chi connectivity index (χ2n) is 5.37. The second kappa shape index (κ2) is 8.36. The average molecular weight is 394 g/mol. The number of nitrogens with zero attached hydrogens (tertiary/aromatic N) is 3. The third-order valence-corrected chi connectivity index (χ3v) is 5.02. The van der Waals surface area contributed by atoms with Crippen LogP contribution in [0, 0.1) is 0 Å². The Bertz CT molecular complexity index is 839. The lowest BCUT2D eigenvalue weighted by atomic mass is 10.3. The number of benzene rings is 1. The van der Waals surface area contributed by atoms with E-state index in [4.69, 9.17) is 17.0 Å². The zero-order chi connectivity index (χ0) is 18.4. The highest BCUT2D eigenvalue weighted by molar-refractivity contribution is 7.92. The van der Waals surface area contributed by atoms with E-state index in [-0.39, 0.29) is 10.8 Å². The minimum absolute atomic E-state index is 0.0191. The van der Waals surface area contributed by atoms with Crippen molar-refractivity contribution in [3.63, 3.8) is 0 Å². The molecule has 26 heavy (non-hydrogen) atoms. The predicted octanol–water partition coefficient (Wildman–Crippen LogP) is 0.811. The van der Waals surface area contributed by atoms with Crippen molar-refractivity contribution in [1.82, 2.24) is 20.4 Å². The van der Waals surface area contributed by atoms with Gasteiger partial charge in [-0.05, 0) is 42.5 Å². The Kier molecular flexibility index (Phi) is 5.93. The third-order valence-electron chi connectivity index (χ3n) is 3.48. The van der Waals surface area contributed by atoms with E-state index in [0.717, 1.165) is 13.1 Å². The highest BCUT2D eigenvalue weighted by atomic mass is 32.2. The highest BCUT2D eigenvalue weighted by Gasteiger charge is 2.16. The standard InChI is InChI=1S/C15H18N6O3S2/c22-26(23,20-14-16-6-1-7-17-14)13-4-2-12(3-5-13)18-15(25)19-21-8-10-24-11-9-21/h1-7H,8-11H2,(H,16,17,20)(H2,18,19,25).